The van der Waals surface area contributed by atoms with E-state index >= 15 is 0 Å². The molecule has 1 atom stereocenters. The second-order valence-corrected chi connectivity index (χ2v) is 3.52. The van der Waals surface area contributed by atoms with Gasteiger partial charge in [-0.15, -0.1) is 0 Å². The number of hydrogen-bond donors (Lipinski definition) is 0. The molecule has 1 aliphatic heterocycles. The van der Waals surface area contributed by atoms with Gasteiger partial charge in [-0.25, -0.2) is 0 Å². The summed E-state index contributed by atoms with van der Waals surface area (Å²) in [5, 5.41) is 0. The first-order valence-corrected chi connectivity index (χ1v) is 3.54. The van der Waals surface area contributed by atoms with Crippen molar-refractivity contribution in [2.45, 2.75) is 13.0 Å². The fourth-order valence-corrected chi connectivity index (χ4v) is 1.34. The lowest BCUT2D eigenvalue weighted by Gasteiger charge is -2.36. The fourth-order valence-electron chi connectivity index (χ4n) is 1.34. The minimum absolute atomic E-state index is 0.453. The molecule has 1 fully saturated rings. The van der Waals surface area contributed by atoms with Crippen molar-refractivity contribution in [1.29, 1.82) is 0 Å². The van der Waals surface area contributed by atoms with E-state index in [4.69, 9.17) is 4.74 Å². The van der Waals surface area contributed by atoms with Crippen molar-refractivity contribution in [3.05, 3.63) is 0 Å². The number of ether oxygens (including phenoxy) is 1. The topological polar surface area (TPSA) is 9.23 Å². The molecule has 0 aliphatic carbocycles. The van der Waals surface area contributed by atoms with Gasteiger partial charge < -0.3 is 9.22 Å². The third kappa shape index (κ3) is 1.95. The zero-order valence-corrected chi connectivity index (χ0v) is 6.55. The van der Waals surface area contributed by atoms with Crippen molar-refractivity contribution >= 4 is 0 Å². The number of hydrogen-bond acceptors (Lipinski definition) is 1. The first kappa shape index (κ1) is 7.03. The summed E-state index contributed by atoms with van der Waals surface area (Å²) in [6.07, 6.45) is 0.453. The highest BCUT2D eigenvalue weighted by Gasteiger charge is 2.24. The molecular weight excluding hydrogens is 114 g/mol. The lowest BCUT2D eigenvalue weighted by Crippen LogP contribution is -2.51. The zero-order chi connectivity index (χ0) is 6.91. The third-order valence-electron chi connectivity index (χ3n) is 1.85. The Morgan fingerprint density at radius 3 is 2.44 bits per heavy atom. The minimum Gasteiger partial charge on any atom is -0.367 e. The Morgan fingerprint density at radius 1 is 1.44 bits per heavy atom. The monoisotopic (exact) mass is 130 g/mol. The van der Waals surface area contributed by atoms with Crippen LogP contribution in [-0.4, -0.2) is 44.4 Å². The second kappa shape index (κ2) is 2.27. The molecule has 2 heteroatoms. The van der Waals surface area contributed by atoms with Crippen LogP contribution >= 0.6 is 0 Å². The average Bonchev–Trinajstić information content (AvgIpc) is 1.60. The van der Waals surface area contributed by atoms with Crippen LogP contribution in [-0.2, 0) is 4.74 Å². The first-order valence-electron chi connectivity index (χ1n) is 3.54. The molecule has 0 amide bonds. The summed E-state index contributed by atoms with van der Waals surface area (Å²) in [6, 6.07) is 0. The van der Waals surface area contributed by atoms with Gasteiger partial charge in [0.25, 0.3) is 0 Å². The summed E-state index contributed by atoms with van der Waals surface area (Å²) in [6.45, 7) is 5.37. The molecule has 0 spiro atoms. The van der Waals surface area contributed by atoms with E-state index in [-0.39, 0.29) is 0 Å². The third-order valence-corrected chi connectivity index (χ3v) is 1.85. The molecule has 1 heterocycles. The van der Waals surface area contributed by atoms with Gasteiger partial charge in [-0.05, 0) is 6.92 Å². The Kier molecular flexibility index (Phi) is 1.78. The van der Waals surface area contributed by atoms with Gasteiger partial charge in [0.1, 0.15) is 19.2 Å². The molecular formula is C7H16NO+. The Labute approximate surface area is 57.0 Å². The minimum atomic E-state index is 0.453. The van der Waals surface area contributed by atoms with Gasteiger partial charge in [-0.2, -0.15) is 0 Å². The van der Waals surface area contributed by atoms with E-state index in [2.05, 4.69) is 21.0 Å². The standard InChI is InChI=1S/C7H16NO/c1-7-6-8(2,3)4-5-9-7/h7H,4-6H2,1-3H3/q+1. The van der Waals surface area contributed by atoms with Crippen LogP contribution in [0, 0.1) is 0 Å². The highest BCUT2D eigenvalue weighted by molar-refractivity contribution is 4.52. The Balaban J connectivity index is 2.41. The summed E-state index contributed by atoms with van der Waals surface area (Å²) >= 11 is 0. The van der Waals surface area contributed by atoms with Crippen LogP contribution in [0.4, 0.5) is 0 Å². The molecule has 0 N–H and O–H groups in total. The van der Waals surface area contributed by atoms with E-state index in [1.54, 1.807) is 0 Å². The fraction of sp³-hybridized carbons (Fsp3) is 1.00. The van der Waals surface area contributed by atoms with E-state index in [9.17, 15) is 0 Å². The van der Waals surface area contributed by atoms with Crippen molar-refractivity contribution in [2.24, 2.45) is 0 Å². The first-order chi connectivity index (χ1) is 4.10. The Morgan fingerprint density at radius 2 is 2.11 bits per heavy atom. The summed E-state index contributed by atoms with van der Waals surface area (Å²) in [5.41, 5.74) is 0. The molecule has 2 nitrogen and oxygen atoms in total. The van der Waals surface area contributed by atoms with Crippen LogP contribution in [0.15, 0.2) is 0 Å². The van der Waals surface area contributed by atoms with Crippen LogP contribution in [0.3, 0.4) is 0 Å². The molecule has 54 valence electrons. The lowest BCUT2D eigenvalue weighted by atomic mass is 10.3. The highest BCUT2D eigenvalue weighted by Crippen LogP contribution is 2.07. The van der Waals surface area contributed by atoms with Crippen molar-refractivity contribution in [1.82, 2.24) is 0 Å². The predicted octanol–water partition coefficient (Wildman–Crippen LogP) is 0.482. The number of quaternary nitrogens is 1. The van der Waals surface area contributed by atoms with Gasteiger partial charge in [-0.1, -0.05) is 0 Å². The number of rotatable bonds is 0. The summed E-state index contributed by atoms with van der Waals surface area (Å²) < 4.78 is 6.51. The zero-order valence-electron chi connectivity index (χ0n) is 6.55. The van der Waals surface area contributed by atoms with Crippen molar-refractivity contribution < 1.29 is 9.22 Å². The van der Waals surface area contributed by atoms with Crippen LogP contribution < -0.4 is 0 Å². The maximum atomic E-state index is 5.40. The second-order valence-electron chi connectivity index (χ2n) is 3.52. The SMILES string of the molecule is CC1C[N+](C)(C)CCO1. The van der Waals surface area contributed by atoms with Gasteiger partial charge in [0, 0.05) is 0 Å². The van der Waals surface area contributed by atoms with E-state index in [0.29, 0.717) is 6.10 Å². The predicted molar refractivity (Wildman–Crippen MR) is 37.3 cm³/mol. The average molecular weight is 130 g/mol. The van der Waals surface area contributed by atoms with Crippen LogP contribution in [0.1, 0.15) is 6.92 Å². The van der Waals surface area contributed by atoms with E-state index in [0.717, 1.165) is 24.2 Å². The molecule has 1 rings (SSSR count). The van der Waals surface area contributed by atoms with Gasteiger partial charge in [0.2, 0.25) is 0 Å². The van der Waals surface area contributed by atoms with Crippen LogP contribution in [0.25, 0.3) is 0 Å². The molecule has 9 heavy (non-hydrogen) atoms. The Bertz CT molecular complexity index is 101. The molecule has 0 aromatic heterocycles. The van der Waals surface area contributed by atoms with Gasteiger partial charge in [-0.3, -0.25) is 0 Å². The number of likely N-dealkylation sites (N-methyl/N-ethyl adjacent to an activating group) is 1. The molecule has 0 aromatic carbocycles. The summed E-state index contributed by atoms with van der Waals surface area (Å²) in [4.78, 5) is 0. The van der Waals surface area contributed by atoms with Crippen molar-refractivity contribution in [3.8, 4) is 0 Å². The summed E-state index contributed by atoms with van der Waals surface area (Å²) in [7, 11) is 4.50. The van der Waals surface area contributed by atoms with Crippen LogP contribution in [0.5, 0.6) is 0 Å². The maximum Gasteiger partial charge on any atom is 0.105 e. The van der Waals surface area contributed by atoms with Gasteiger partial charge in [0.15, 0.2) is 0 Å². The van der Waals surface area contributed by atoms with Crippen molar-refractivity contribution in [2.75, 3.05) is 33.8 Å². The maximum absolute atomic E-state index is 5.40. The van der Waals surface area contributed by atoms with E-state index in [1.807, 2.05) is 0 Å². The smallest absolute Gasteiger partial charge is 0.105 e. The Hall–Kier alpha value is -0.0800. The lowest BCUT2D eigenvalue weighted by molar-refractivity contribution is -0.901. The van der Waals surface area contributed by atoms with E-state index < -0.39 is 0 Å². The van der Waals surface area contributed by atoms with Crippen molar-refractivity contribution in [3.63, 3.8) is 0 Å². The molecule has 1 saturated heterocycles. The van der Waals surface area contributed by atoms with Gasteiger partial charge in [0.05, 0.1) is 20.7 Å². The largest absolute Gasteiger partial charge is 0.367 e. The number of nitrogens with zero attached hydrogens (tertiary/aromatic N) is 1. The molecule has 0 saturated carbocycles. The molecule has 1 aliphatic rings. The molecule has 0 bridgehead atoms. The molecule has 0 radical (unpaired) electrons. The molecule has 0 aromatic rings. The molecule has 1 unspecified atom stereocenters. The highest BCUT2D eigenvalue weighted by atomic mass is 16.5. The van der Waals surface area contributed by atoms with E-state index in [1.165, 1.54) is 0 Å². The van der Waals surface area contributed by atoms with Crippen LogP contribution in [0.2, 0.25) is 0 Å². The number of morpholine rings is 1. The normalized spacial score (nSPS) is 34.3. The summed E-state index contributed by atoms with van der Waals surface area (Å²) in [5.74, 6) is 0. The van der Waals surface area contributed by atoms with Gasteiger partial charge >= 0.3 is 0 Å². The quantitative estimate of drug-likeness (QED) is 0.433.